The molecule has 2 aromatic heterocycles. The Morgan fingerprint density at radius 3 is 1.24 bits per heavy atom. The number of nitrogens with zero attached hydrogens (tertiary/aromatic N) is 3. The number of fused-ring (bicyclic) bond motifs is 6. The number of benzene rings is 7. The fourth-order valence-corrected chi connectivity index (χ4v) is 7.32. The van der Waals surface area contributed by atoms with Crippen LogP contribution in [0.2, 0.25) is 0 Å². The van der Waals surface area contributed by atoms with Crippen LogP contribution in [0.1, 0.15) is 27.8 Å². The van der Waals surface area contributed by atoms with Gasteiger partial charge in [-0.15, -0.1) is 0 Å². The van der Waals surface area contributed by atoms with Crippen molar-refractivity contribution in [1.29, 1.82) is 0 Å². The van der Waals surface area contributed by atoms with Crippen molar-refractivity contribution in [2.24, 2.45) is 4.99 Å². The quantitative estimate of drug-likeness (QED) is 0.163. The molecule has 0 N–H and O–H groups in total. The monoisotopic (exact) mass is 629 g/mol. The van der Waals surface area contributed by atoms with Gasteiger partial charge in [0.05, 0.1) is 34.3 Å². The maximum absolute atomic E-state index is 5.39. The van der Waals surface area contributed by atoms with Crippen LogP contribution in [-0.2, 0) is 6.54 Å². The molecule has 2 heterocycles. The average Bonchev–Trinajstić information content (AvgIpc) is 3.66. The minimum Gasteiger partial charge on any atom is -0.309 e. The van der Waals surface area contributed by atoms with E-state index in [9.17, 15) is 0 Å². The van der Waals surface area contributed by atoms with Crippen molar-refractivity contribution in [1.82, 2.24) is 9.13 Å². The van der Waals surface area contributed by atoms with Crippen LogP contribution in [-0.4, -0.2) is 14.8 Å². The smallest absolute Gasteiger partial charge is 0.0724 e. The molecule has 9 aromatic rings. The third-order valence-corrected chi connectivity index (χ3v) is 9.72. The van der Waals surface area contributed by atoms with Gasteiger partial charge in [-0.05, 0) is 61.9 Å². The zero-order valence-electron chi connectivity index (χ0n) is 27.6. The van der Waals surface area contributed by atoms with Crippen molar-refractivity contribution < 1.29 is 0 Å². The number of rotatable bonds is 6. The van der Waals surface area contributed by atoms with Crippen LogP contribution in [0, 0.1) is 13.8 Å². The second-order valence-corrected chi connectivity index (χ2v) is 13.0. The van der Waals surface area contributed by atoms with Crippen molar-refractivity contribution in [2.45, 2.75) is 20.4 Å². The van der Waals surface area contributed by atoms with E-state index in [-0.39, 0.29) is 0 Å². The van der Waals surface area contributed by atoms with Crippen LogP contribution < -0.4 is 0 Å². The number of aliphatic imine (C=N–C) groups is 1. The number of hydrogen-bond acceptors (Lipinski definition) is 1. The molecule has 0 unspecified atom stereocenters. The molecule has 9 rings (SSSR count). The Hall–Kier alpha value is -6.19. The third kappa shape index (κ3) is 5.03. The SMILES string of the molecule is Cc1ccc(C/N=C(\c2ccc(C)cc2)c2cc(-n3c4ccccc4c4ccccc43)cc(-n3c4ccccc4c4ccccc43)c2)cc1. The van der Waals surface area contributed by atoms with E-state index in [1.54, 1.807) is 0 Å². The third-order valence-electron chi connectivity index (χ3n) is 9.72. The number of aryl methyl sites for hydroxylation is 2. The van der Waals surface area contributed by atoms with E-state index in [2.05, 4.69) is 187 Å². The summed E-state index contributed by atoms with van der Waals surface area (Å²) in [6.45, 7) is 4.85. The summed E-state index contributed by atoms with van der Waals surface area (Å²) in [6.07, 6.45) is 0. The van der Waals surface area contributed by atoms with Gasteiger partial charge >= 0.3 is 0 Å². The van der Waals surface area contributed by atoms with Gasteiger partial charge in [0, 0.05) is 44.0 Å². The maximum Gasteiger partial charge on any atom is 0.0724 e. The molecular weight excluding hydrogens is 595 g/mol. The molecule has 0 aliphatic heterocycles. The van der Waals surface area contributed by atoms with Crippen molar-refractivity contribution in [3.05, 3.63) is 192 Å². The molecular formula is C46H35N3. The molecule has 0 spiro atoms. The van der Waals surface area contributed by atoms with Gasteiger partial charge in [0.15, 0.2) is 0 Å². The zero-order valence-corrected chi connectivity index (χ0v) is 27.6. The van der Waals surface area contributed by atoms with Crippen LogP contribution in [0.3, 0.4) is 0 Å². The summed E-state index contributed by atoms with van der Waals surface area (Å²) in [5.74, 6) is 0. The van der Waals surface area contributed by atoms with E-state index >= 15 is 0 Å². The summed E-state index contributed by atoms with van der Waals surface area (Å²) in [5, 5.41) is 4.98. The van der Waals surface area contributed by atoms with Gasteiger partial charge in [-0.1, -0.05) is 132 Å². The fraction of sp³-hybridized carbons (Fsp3) is 0.0652. The van der Waals surface area contributed by atoms with Crippen LogP contribution in [0.25, 0.3) is 55.0 Å². The molecule has 0 saturated heterocycles. The van der Waals surface area contributed by atoms with E-state index in [1.807, 2.05) is 0 Å². The highest BCUT2D eigenvalue weighted by Crippen LogP contribution is 2.36. The molecule has 0 bridgehead atoms. The Morgan fingerprint density at radius 1 is 0.429 bits per heavy atom. The minimum atomic E-state index is 0.591. The second-order valence-electron chi connectivity index (χ2n) is 13.0. The Kier molecular flexibility index (Phi) is 6.98. The minimum absolute atomic E-state index is 0.591. The first-order valence-corrected chi connectivity index (χ1v) is 16.9. The predicted octanol–water partition coefficient (Wildman–Crippen LogP) is 11.5. The van der Waals surface area contributed by atoms with E-state index in [4.69, 9.17) is 4.99 Å². The lowest BCUT2D eigenvalue weighted by Crippen LogP contribution is -2.08. The van der Waals surface area contributed by atoms with E-state index < -0.39 is 0 Å². The summed E-state index contributed by atoms with van der Waals surface area (Å²) in [4.78, 5) is 5.39. The van der Waals surface area contributed by atoms with Gasteiger partial charge < -0.3 is 9.13 Å². The van der Waals surface area contributed by atoms with Crippen molar-refractivity contribution in [3.8, 4) is 11.4 Å². The lowest BCUT2D eigenvalue weighted by atomic mass is 9.99. The molecule has 3 nitrogen and oxygen atoms in total. The highest BCUT2D eigenvalue weighted by molar-refractivity contribution is 6.15. The van der Waals surface area contributed by atoms with Gasteiger partial charge in [0.2, 0.25) is 0 Å². The standard InChI is InChI=1S/C46H35N3/c1-31-19-23-33(24-20-31)30-47-46(34-25-21-32(2)22-26-34)35-27-36(48-42-15-7-3-11-38(42)39-12-4-8-16-43(39)48)29-37(28-35)49-44-17-9-5-13-40(44)41-14-6-10-18-45(41)49/h3-29H,30H2,1-2H3/b47-46+. The summed E-state index contributed by atoms with van der Waals surface area (Å²) >= 11 is 0. The maximum atomic E-state index is 5.39. The number of hydrogen-bond donors (Lipinski definition) is 0. The molecule has 234 valence electrons. The Labute approximate surface area is 286 Å². The first-order chi connectivity index (χ1) is 24.1. The largest absolute Gasteiger partial charge is 0.309 e. The zero-order chi connectivity index (χ0) is 32.9. The Bertz CT molecular complexity index is 2450. The molecule has 3 heteroatoms. The molecule has 0 aliphatic rings. The van der Waals surface area contributed by atoms with Crippen molar-refractivity contribution in [3.63, 3.8) is 0 Å². The van der Waals surface area contributed by atoms with Gasteiger partial charge in [0.1, 0.15) is 0 Å². The van der Waals surface area contributed by atoms with Crippen LogP contribution >= 0.6 is 0 Å². The van der Waals surface area contributed by atoms with Crippen molar-refractivity contribution in [2.75, 3.05) is 0 Å². The van der Waals surface area contributed by atoms with E-state index in [0.29, 0.717) is 6.54 Å². The molecule has 0 aliphatic carbocycles. The molecule has 0 amide bonds. The molecule has 0 radical (unpaired) electrons. The van der Waals surface area contributed by atoms with E-state index in [0.717, 1.165) is 28.2 Å². The molecule has 0 fully saturated rings. The lowest BCUT2D eigenvalue weighted by Gasteiger charge is -2.17. The van der Waals surface area contributed by atoms with Gasteiger partial charge in [-0.2, -0.15) is 0 Å². The van der Waals surface area contributed by atoms with Gasteiger partial charge in [0.25, 0.3) is 0 Å². The lowest BCUT2D eigenvalue weighted by molar-refractivity contribution is 1.06. The average molecular weight is 630 g/mol. The van der Waals surface area contributed by atoms with Gasteiger partial charge in [-0.3, -0.25) is 4.99 Å². The van der Waals surface area contributed by atoms with Crippen LogP contribution in [0.15, 0.2) is 169 Å². The number of para-hydroxylation sites is 4. The Balaban J connectivity index is 1.36. The van der Waals surface area contributed by atoms with Gasteiger partial charge in [-0.25, -0.2) is 0 Å². The normalized spacial score (nSPS) is 12.1. The summed E-state index contributed by atoms with van der Waals surface area (Å²) in [7, 11) is 0. The van der Waals surface area contributed by atoms with E-state index in [1.165, 1.54) is 60.3 Å². The molecule has 0 atom stereocenters. The summed E-state index contributed by atoms with van der Waals surface area (Å²) < 4.78 is 4.83. The predicted molar refractivity (Wildman–Crippen MR) is 207 cm³/mol. The van der Waals surface area contributed by atoms with Crippen LogP contribution in [0.4, 0.5) is 0 Å². The fourth-order valence-electron chi connectivity index (χ4n) is 7.32. The first-order valence-electron chi connectivity index (χ1n) is 16.9. The van der Waals surface area contributed by atoms with Crippen molar-refractivity contribution >= 4 is 49.3 Å². The molecule has 49 heavy (non-hydrogen) atoms. The second kappa shape index (κ2) is 11.8. The highest BCUT2D eigenvalue weighted by atomic mass is 15.0. The molecule has 7 aromatic carbocycles. The van der Waals surface area contributed by atoms with Crippen LogP contribution in [0.5, 0.6) is 0 Å². The topological polar surface area (TPSA) is 22.2 Å². The molecule has 0 saturated carbocycles. The first kappa shape index (κ1) is 29.0. The summed E-state index contributed by atoms with van der Waals surface area (Å²) in [5.41, 5.74) is 13.8. The highest BCUT2D eigenvalue weighted by Gasteiger charge is 2.18. The Morgan fingerprint density at radius 2 is 0.816 bits per heavy atom. The summed E-state index contributed by atoms with van der Waals surface area (Å²) in [6, 6.07) is 59.4. The number of aromatic nitrogens is 2.